The lowest BCUT2D eigenvalue weighted by Gasteiger charge is -2.18. The summed E-state index contributed by atoms with van der Waals surface area (Å²) in [4.78, 5) is 0. The average molecular weight is 699 g/mol. The number of hydrogen-bond donors (Lipinski definition) is 0. The first-order chi connectivity index (χ1) is 25.2. The molecule has 0 amide bonds. The molecule has 0 aliphatic heterocycles. The van der Waals surface area contributed by atoms with Crippen LogP contribution in [0.15, 0.2) is 158 Å². The first kappa shape index (κ1) is 28.2. The van der Waals surface area contributed by atoms with Gasteiger partial charge in [-0.2, -0.15) is 0 Å². The molecule has 0 atom stereocenters. The second kappa shape index (κ2) is 10.5. The summed E-state index contributed by atoms with van der Waals surface area (Å²) in [6.45, 7) is 0. The SMILES string of the molecule is c1ccc2c(c1)sc1cc(-c3c4ccccc4c(-c4ccc5sc6cc7cc8sc9ccccc9c8cc7cc6c5c4)c4ccccc34)ccc12. The fourth-order valence-electron chi connectivity index (χ4n) is 8.53. The van der Waals surface area contributed by atoms with Crippen molar-refractivity contribution in [2.45, 2.75) is 0 Å². The van der Waals surface area contributed by atoms with Gasteiger partial charge in [0, 0.05) is 60.5 Å². The summed E-state index contributed by atoms with van der Waals surface area (Å²) in [5.74, 6) is 0. The van der Waals surface area contributed by atoms with Gasteiger partial charge in [0.15, 0.2) is 0 Å². The van der Waals surface area contributed by atoms with Crippen LogP contribution < -0.4 is 0 Å². The van der Waals surface area contributed by atoms with Gasteiger partial charge in [-0.05, 0) is 109 Å². The van der Waals surface area contributed by atoms with Crippen LogP contribution in [0.25, 0.3) is 115 Å². The summed E-state index contributed by atoms with van der Waals surface area (Å²) in [6.07, 6.45) is 0. The largest absolute Gasteiger partial charge is 0.135 e. The van der Waals surface area contributed by atoms with E-state index in [-0.39, 0.29) is 0 Å². The first-order valence-corrected chi connectivity index (χ1v) is 19.8. The second-order valence-corrected chi connectivity index (χ2v) is 16.9. The highest BCUT2D eigenvalue weighted by Crippen LogP contribution is 2.47. The van der Waals surface area contributed by atoms with Gasteiger partial charge in [-0.25, -0.2) is 0 Å². The summed E-state index contributed by atoms with van der Waals surface area (Å²) >= 11 is 5.68. The molecule has 0 saturated heterocycles. The van der Waals surface area contributed by atoms with Gasteiger partial charge >= 0.3 is 0 Å². The van der Waals surface area contributed by atoms with Crippen molar-refractivity contribution in [2.75, 3.05) is 0 Å². The number of fused-ring (bicyclic) bond motifs is 12. The standard InChI is InChI=1S/C48H26S3/c1-3-13-36-34(11-1)47(35-12-2-4-14-37(35)48(36)28-17-19-33-31-9-5-7-15-41(31)49-44(33)24-28)27-18-20-43-39(21-27)40-23-29-22-38-32-10-6-8-16-42(32)50-45(38)25-30(29)26-46(40)51-43/h1-26H. The molecular formula is C48H26S3. The molecule has 0 nitrogen and oxygen atoms in total. The van der Waals surface area contributed by atoms with Crippen LogP contribution in [-0.4, -0.2) is 0 Å². The molecule has 0 saturated carbocycles. The Balaban J connectivity index is 1.10. The zero-order valence-corrected chi connectivity index (χ0v) is 29.7. The molecule has 3 heteroatoms. The van der Waals surface area contributed by atoms with Gasteiger partial charge in [0.1, 0.15) is 0 Å². The lowest BCUT2D eigenvalue weighted by molar-refractivity contribution is 1.70. The van der Waals surface area contributed by atoms with Crippen molar-refractivity contribution in [1.29, 1.82) is 0 Å². The average Bonchev–Trinajstić information content (AvgIpc) is 3.85. The van der Waals surface area contributed by atoms with Crippen molar-refractivity contribution in [1.82, 2.24) is 0 Å². The fraction of sp³-hybridized carbons (Fsp3) is 0. The maximum atomic E-state index is 2.45. The summed E-state index contributed by atoms with van der Waals surface area (Å²) in [7, 11) is 0. The molecule has 0 spiro atoms. The van der Waals surface area contributed by atoms with E-state index in [1.165, 1.54) is 115 Å². The molecule has 12 aromatic rings. The number of rotatable bonds is 2. The monoisotopic (exact) mass is 698 g/mol. The summed E-state index contributed by atoms with van der Waals surface area (Å²) in [5.41, 5.74) is 5.15. The number of benzene rings is 9. The van der Waals surface area contributed by atoms with Gasteiger partial charge in [-0.15, -0.1) is 34.0 Å². The third kappa shape index (κ3) is 4.05. The smallest absolute Gasteiger partial charge is 0.0361 e. The Bertz CT molecular complexity index is 3370. The zero-order chi connectivity index (χ0) is 33.2. The highest BCUT2D eigenvalue weighted by molar-refractivity contribution is 7.26. The van der Waals surface area contributed by atoms with E-state index >= 15 is 0 Å². The predicted octanol–water partition coefficient (Wildman–Crippen LogP) is 15.6. The van der Waals surface area contributed by atoms with E-state index in [1.807, 2.05) is 34.0 Å². The lowest BCUT2D eigenvalue weighted by atomic mass is 9.85. The van der Waals surface area contributed by atoms with Gasteiger partial charge in [0.05, 0.1) is 0 Å². The topological polar surface area (TPSA) is 0 Å². The fourth-order valence-corrected chi connectivity index (χ4v) is 11.9. The molecule has 236 valence electrons. The van der Waals surface area contributed by atoms with Crippen molar-refractivity contribution < 1.29 is 0 Å². The Kier molecular flexibility index (Phi) is 5.78. The van der Waals surface area contributed by atoms with Crippen LogP contribution in [0.3, 0.4) is 0 Å². The van der Waals surface area contributed by atoms with E-state index in [1.54, 1.807) is 0 Å². The summed E-state index contributed by atoms with van der Waals surface area (Å²) in [5, 5.41) is 15.8. The molecule has 9 aromatic carbocycles. The van der Waals surface area contributed by atoms with E-state index in [4.69, 9.17) is 0 Å². The van der Waals surface area contributed by atoms with Crippen LogP contribution in [0.5, 0.6) is 0 Å². The minimum atomic E-state index is 1.26. The van der Waals surface area contributed by atoms with Crippen molar-refractivity contribution in [3.05, 3.63) is 158 Å². The van der Waals surface area contributed by atoms with Crippen LogP contribution >= 0.6 is 34.0 Å². The highest BCUT2D eigenvalue weighted by atomic mass is 32.1. The maximum absolute atomic E-state index is 2.45. The second-order valence-electron chi connectivity index (χ2n) is 13.6. The molecule has 51 heavy (non-hydrogen) atoms. The van der Waals surface area contributed by atoms with Gasteiger partial charge in [0.25, 0.3) is 0 Å². The van der Waals surface area contributed by atoms with Crippen molar-refractivity contribution in [3.8, 4) is 22.3 Å². The molecule has 0 unspecified atom stereocenters. The highest BCUT2D eigenvalue weighted by Gasteiger charge is 2.19. The van der Waals surface area contributed by atoms with Gasteiger partial charge in [-0.1, -0.05) is 103 Å². The van der Waals surface area contributed by atoms with E-state index in [9.17, 15) is 0 Å². The molecule has 0 N–H and O–H groups in total. The van der Waals surface area contributed by atoms with E-state index in [0.29, 0.717) is 0 Å². The summed E-state index contributed by atoms with van der Waals surface area (Å²) < 4.78 is 8.06. The molecule has 0 bridgehead atoms. The first-order valence-electron chi connectivity index (χ1n) is 17.3. The van der Waals surface area contributed by atoms with Crippen molar-refractivity contribution >= 4 is 127 Å². The Morgan fingerprint density at radius 1 is 0.235 bits per heavy atom. The van der Waals surface area contributed by atoms with Crippen LogP contribution in [-0.2, 0) is 0 Å². The third-order valence-electron chi connectivity index (χ3n) is 10.8. The van der Waals surface area contributed by atoms with Gasteiger partial charge in [0.2, 0.25) is 0 Å². The zero-order valence-electron chi connectivity index (χ0n) is 27.2. The predicted molar refractivity (Wildman–Crippen MR) is 228 cm³/mol. The molecular weight excluding hydrogens is 673 g/mol. The van der Waals surface area contributed by atoms with Gasteiger partial charge in [-0.3, -0.25) is 0 Å². The Labute approximate surface area is 305 Å². The molecule has 3 aromatic heterocycles. The molecule has 0 radical (unpaired) electrons. The molecule has 0 fully saturated rings. The summed E-state index contributed by atoms with van der Waals surface area (Å²) in [6, 6.07) is 59.4. The van der Waals surface area contributed by atoms with Crippen LogP contribution in [0.4, 0.5) is 0 Å². The number of thiophene rings is 3. The van der Waals surface area contributed by atoms with Crippen LogP contribution in [0, 0.1) is 0 Å². The lowest BCUT2D eigenvalue weighted by Crippen LogP contribution is -1.90. The Hall–Kier alpha value is -5.58. The minimum absolute atomic E-state index is 1.26. The Morgan fingerprint density at radius 3 is 1.20 bits per heavy atom. The molecule has 3 heterocycles. The van der Waals surface area contributed by atoms with E-state index in [2.05, 4.69) is 158 Å². The molecule has 0 aliphatic carbocycles. The van der Waals surface area contributed by atoms with E-state index in [0.717, 1.165) is 0 Å². The van der Waals surface area contributed by atoms with Crippen molar-refractivity contribution in [3.63, 3.8) is 0 Å². The minimum Gasteiger partial charge on any atom is -0.135 e. The van der Waals surface area contributed by atoms with E-state index < -0.39 is 0 Å². The Morgan fingerprint density at radius 2 is 0.608 bits per heavy atom. The van der Waals surface area contributed by atoms with Crippen molar-refractivity contribution in [2.24, 2.45) is 0 Å². The normalized spacial score (nSPS) is 12.3. The van der Waals surface area contributed by atoms with Crippen LogP contribution in [0.1, 0.15) is 0 Å². The quantitative estimate of drug-likeness (QED) is 0.158. The molecule has 12 rings (SSSR count). The number of hydrogen-bond acceptors (Lipinski definition) is 3. The van der Waals surface area contributed by atoms with Gasteiger partial charge < -0.3 is 0 Å². The third-order valence-corrected chi connectivity index (χ3v) is 14.2. The molecule has 0 aliphatic rings. The van der Waals surface area contributed by atoms with Crippen LogP contribution in [0.2, 0.25) is 0 Å². The maximum Gasteiger partial charge on any atom is 0.0361 e.